The van der Waals surface area contributed by atoms with Crippen LogP contribution >= 0.6 is 11.5 Å². The Kier molecular flexibility index (Phi) is 9.45. The van der Waals surface area contributed by atoms with Crippen LogP contribution in [0.1, 0.15) is 64.8 Å². The number of anilines is 1. The third-order valence-corrected chi connectivity index (χ3v) is 7.07. The van der Waals surface area contributed by atoms with Crippen LogP contribution in [0.5, 0.6) is 5.88 Å². The number of carbonyl (C=O) groups excluding carboxylic acids is 3. The Balaban J connectivity index is 1.35. The Morgan fingerprint density at radius 2 is 1.89 bits per heavy atom. The highest BCUT2D eigenvalue weighted by atomic mass is 32.1. The molecule has 2 aromatic rings. The number of unbranched alkanes of at least 4 members (excludes halogenated alkanes) is 1. The van der Waals surface area contributed by atoms with Crippen molar-refractivity contribution in [1.29, 1.82) is 0 Å². The van der Waals surface area contributed by atoms with Crippen molar-refractivity contribution in [3.63, 3.8) is 0 Å². The van der Waals surface area contributed by atoms with Gasteiger partial charge >= 0.3 is 12.0 Å². The molecule has 2 aliphatic rings. The first kappa shape index (κ1) is 27.7. The summed E-state index contributed by atoms with van der Waals surface area (Å²) in [6.07, 6.45) is 5.89. The number of methoxy groups -OCH3 is 1. The molecule has 1 saturated heterocycles. The van der Waals surface area contributed by atoms with Gasteiger partial charge in [0, 0.05) is 24.2 Å². The minimum absolute atomic E-state index is 0.00215. The number of hydrogen-bond donors (Lipinski definition) is 3. The van der Waals surface area contributed by atoms with E-state index < -0.39 is 36.1 Å². The molecule has 3 N–H and O–H groups in total. The Morgan fingerprint density at radius 1 is 1.13 bits per heavy atom. The van der Waals surface area contributed by atoms with Crippen molar-refractivity contribution in [1.82, 2.24) is 19.9 Å². The number of halogens is 2. The molecule has 0 atom stereocenters. The molecule has 1 aliphatic heterocycles. The Bertz CT molecular complexity index is 1170. The summed E-state index contributed by atoms with van der Waals surface area (Å²) in [4.78, 5) is 39.5. The van der Waals surface area contributed by atoms with Crippen molar-refractivity contribution in [2.45, 2.75) is 51.2 Å². The Labute approximate surface area is 223 Å². The molecule has 13 heteroatoms. The van der Waals surface area contributed by atoms with Gasteiger partial charge in [-0.25, -0.2) is 18.4 Å². The van der Waals surface area contributed by atoms with Gasteiger partial charge in [-0.15, -0.1) is 0 Å². The van der Waals surface area contributed by atoms with Gasteiger partial charge in [0.05, 0.1) is 12.7 Å². The molecular formula is C25H31F2N5O5S. The van der Waals surface area contributed by atoms with Gasteiger partial charge in [-0.05, 0) is 75.8 Å². The molecule has 0 radical (unpaired) electrons. The number of urea groups is 1. The quantitative estimate of drug-likeness (QED) is 0.272. The van der Waals surface area contributed by atoms with E-state index in [9.17, 15) is 23.2 Å². The summed E-state index contributed by atoms with van der Waals surface area (Å²) in [7, 11) is 1.17. The minimum atomic E-state index is -0.984. The standard InChI is InChI=1S/C25H31F2N5O5S/c1-36-24(34)20-22(31-38-23(20)30-25(35)28-8-2-3-9-32-10-4-5-11-32)37-14-15-12-17(19(27)13-18(15)26)21(33)29-16-6-7-16/h12-13,16H,2-11,14H2,1H3,(H,29,33)(H2,28,30,35). The summed E-state index contributed by atoms with van der Waals surface area (Å²) < 4.78 is 43.0. The first-order chi connectivity index (χ1) is 18.4. The van der Waals surface area contributed by atoms with Crippen LogP contribution in [-0.4, -0.2) is 66.5 Å². The second-order valence-corrected chi connectivity index (χ2v) is 10.1. The smallest absolute Gasteiger partial charge is 0.346 e. The van der Waals surface area contributed by atoms with Crippen LogP contribution in [0.15, 0.2) is 12.1 Å². The number of rotatable bonds is 12. The maximum Gasteiger partial charge on any atom is 0.346 e. The van der Waals surface area contributed by atoms with E-state index in [2.05, 4.69) is 25.2 Å². The van der Waals surface area contributed by atoms with Crippen molar-refractivity contribution in [2.24, 2.45) is 0 Å². The van der Waals surface area contributed by atoms with Gasteiger partial charge in [0.25, 0.3) is 5.91 Å². The molecule has 1 aliphatic carbocycles. The van der Waals surface area contributed by atoms with E-state index in [1.165, 1.54) is 20.0 Å². The zero-order valence-corrected chi connectivity index (χ0v) is 21.9. The molecule has 1 aromatic heterocycles. The van der Waals surface area contributed by atoms with E-state index >= 15 is 0 Å². The van der Waals surface area contributed by atoms with Crippen molar-refractivity contribution < 1.29 is 32.6 Å². The van der Waals surface area contributed by atoms with Gasteiger partial charge < -0.3 is 25.0 Å². The Morgan fingerprint density at radius 3 is 2.61 bits per heavy atom. The van der Waals surface area contributed by atoms with Gasteiger partial charge in [-0.3, -0.25) is 10.1 Å². The second-order valence-electron chi connectivity index (χ2n) is 9.28. The predicted octanol–water partition coefficient (Wildman–Crippen LogP) is 3.68. The normalized spacial score (nSPS) is 15.2. The van der Waals surface area contributed by atoms with Gasteiger partial charge in [0.15, 0.2) is 5.56 Å². The summed E-state index contributed by atoms with van der Waals surface area (Å²) in [6.45, 7) is 3.30. The topological polar surface area (TPSA) is 122 Å². The predicted molar refractivity (Wildman–Crippen MR) is 137 cm³/mol. The molecule has 3 amide bonds. The number of nitrogens with one attached hydrogen (secondary N) is 3. The largest absolute Gasteiger partial charge is 0.471 e. The summed E-state index contributed by atoms with van der Waals surface area (Å²) in [5, 5.41) is 8.09. The van der Waals surface area contributed by atoms with Gasteiger partial charge in [-0.1, -0.05) is 0 Å². The SMILES string of the molecule is COC(=O)c1c(OCc2cc(C(=O)NC3CC3)c(F)cc2F)nsc1NC(=O)NCCCCN1CCCC1. The van der Waals surface area contributed by atoms with Crippen LogP contribution in [0.2, 0.25) is 0 Å². The van der Waals surface area contributed by atoms with Gasteiger partial charge in [0.2, 0.25) is 5.88 Å². The number of esters is 1. The minimum Gasteiger partial charge on any atom is -0.471 e. The van der Waals surface area contributed by atoms with Crippen LogP contribution in [0, 0.1) is 11.6 Å². The highest BCUT2D eigenvalue weighted by Gasteiger charge is 2.27. The van der Waals surface area contributed by atoms with E-state index in [0.717, 1.165) is 62.9 Å². The number of carbonyl (C=O) groups is 3. The number of benzene rings is 1. The third kappa shape index (κ3) is 7.38. The van der Waals surface area contributed by atoms with Crippen LogP contribution in [-0.2, 0) is 11.3 Å². The molecule has 2 fully saturated rings. The lowest BCUT2D eigenvalue weighted by molar-refractivity contribution is 0.0596. The molecule has 1 aromatic carbocycles. The highest BCUT2D eigenvalue weighted by Crippen LogP contribution is 2.32. The van der Waals surface area contributed by atoms with Crippen LogP contribution in [0.25, 0.3) is 0 Å². The zero-order chi connectivity index (χ0) is 27.1. The first-order valence-corrected chi connectivity index (χ1v) is 13.4. The van der Waals surface area contributed by atoms with Crippen LogP contribution < -0.4 is 20.7 Å². The second kappa shape index (κ2) is 13.0. The van der Waals surface area contributed by atoms with E-state index in [4.69, 9.17) is 9.47 Å². The zero-order valence-electron chi connectivity index (χ0n) is 21.1. The highest BCUT2D eigenvalue weighted by molar-refractivity contribution is 7.11. The number of hydrogen-bond acceptors (Lipinski definition) is 8. The molecule has 38 heavy (non-hydrogen) atoms. The van der Waals surface area contributed by atoms with E-state index in [0.29, 0.717) is 12.6 Å². The van der Waals surface area contributed by atoms with E-state index in [1.54, 1.807) is 0 Å². The number of amides is 3. The molecule has 2 heterocycles. The lowest BCUT2D eigenvalue weighted by Crippen LogP contribution is -2.30. The molecular weight excluding hydrogens is 520 g/mol. The molecule has 206 valence electrons. The molecule has 4 rings (SSSR count). The summed E-state index contributed by atoms with van der Waals surface area (Å²) in [5.74, 6) is -3.53. The summed E-state index contributed by atoms with van der Waals surface area (Å²) in [6, 6.07) is 1.18. The van der Waals surface area contributed by atoms with Crippen LogP contribution in [0.4, 0.5) is 18.6 Å². The maximum absolute atomic E-state index is 14.4. The van der Waals surface area contributed by atoms with Crippen molar-refractivity contribution >= 4 is 34.4 Å². The summed E-state index contributed by atoms with van der Waals surface area (Å²) in [5.41, 5.74) is -0.531. The van der Waals surface area contributed by atoms with Gasteiger partial charge in [-0.2, -0.15) is 4.37 Å². The maximum atomic E-state index is 14.4. The fraction of sp³-hybridized carbons (Fsp3) is 0.520. The molecule has 1 saturated carbocycles. The van der Waals surface area contributed by atoms with Crippen molar-refractivity contribution in [2.75, 3.05) is 38.6 Å². The lowest BCUT2D eigenvalue weighted by atomic mass is 10.1. The average Bonchev–Trinajstić information content (AvgIpc) is 3.38. The fourth-order valence-electron chi connectivity index (χ4n) is 4.07. The van der Waals surface area contributed by atoms with Crippen LogP contribution in [0.3, 0.4) is 0 Å². The van der Waals surface area contributed by atoms with Crippen molar-refractivity contribution in [3.8, 4) is 5.88 Å². The fourth-order valence-corrected chi connectivity index (χ4v) is 4.79. The van der Waals surface area contributed by atoms with Crippen molar-refractivity contribution in [3.05, 3.63) is 40.5 Å². The van der Waals surface area contributed by atoms with E-state index in [1.807, 2.05) is 0 Å². The molecule has 0 bridgehead atoms. The summed E-state index contributed by atoms with van der Waals surface area (Å²) >= 11 is 0.800. The Hall–Kier alpha value is -3.32. The van der Waals surface area contributed by atoms with E-state index in [-0.39, 0.29) is 33.6 Å². The third-order valence-electron chi connectivity index (χ3n) is 6.32. The number of nitrogens with zero attached hydrogens (tertiary/aromatic N) is 2. The monoisotopic (exact) mass is 551 g/mol. The average molecular weight is 552 g/mol. The molecule has 10 nitrogen and oxygen atoms in total. The number of aromatic nitrogens is 1. The first-order valence-electron chi connectivity index (χ1n) is 12.6. The number of ether oxygens (including phenoxy) is 2. The number of likely N-dealkylation sites (tertiary alicyclic amines) is 1. The molecule has 0 spiro atoms. The lowest BCUT2D eigenvalue weighted by Gasteiger charge is -2.14. The van der Waals surface area contributed by atoms with Gasteiger partial charge in [0.1, 0.15) is 23.2 Å². The molecule has 0 unspecified atom stereocenters.